The van der Waals surface area contributed by atoms with E-state index in [0.717, 1.165) is 26.0 Å². The zero-order chi connectivity index (χ0) is 12.9. The van der Waals surface area contributed by atoms with Gasteiger partial charge in [0.2, 0.25) is 0 Å². The highest BCUT2D eigenvalue weighted by Crippen LogP contribution is 2.42. The molecule has 0 aromatic carbocycles. The zero-order valence-electron chi connectivity index (χ0n) is 11.8. The maximum Gasteiger partial charge on any atom is 0.0655 e. The largest absolute Gasteiger partial charge is 0.396 e. The number of rotatable bonds is 8. The predicted molar refractivity (Wildman–Crippen MR) is 71.1 cm³/mol. The second-order valence-corrected chi connectivity index (χ2v) is 6.02. The quantitative estimate of drug-likeness (QED) is 0.642. The van der Waals surface area contributed by atoms with Gasteiger partial charge in [-0.2, -0.15) is 0 Å². The van der Waals surface area contributed by atoms with Crippen LogP contribution in [0, 0.1) is 11.3 Å². The standard InChI is InChI=1S/C14H29NO2/c1-5-6-7-17-13-8-12(14(13,3)4)15-9-11(2)10-16/h11-13,15-16H,5-10H2,1-4H3. The summed E-state index contributed by atoms with van der Waals surface area (Å²) in [6.07, 6.45) is 3.86. The molecule has 0 bridgehead atoms. The Balaban J connectivity index is 2.23. The van der Waals surface area contributed by atoms with Crippen LogP contribution in [0.3, 0.4) is 0 Å². The van der Waals surface area contributed by atoms with Gasteiger partial charge < -0.3 is 15.2 Å². The summed E-state index contributed by atoms with van der Waals surface area (Å²) < 4.78 is 5.91. The molecule has 1 aliphatic rings. The first-order valence-electron chi connectivity index (χ1n) is 6.98. The Hall–Kier alpha value is -0.120. The molecule has 1 fully saturated rings. The van der Waals surface area contributed by atoms with Gasteiger partial charge in [0.1, 0.15) is 0 Å². The van der Waals surface area contributed by atoms with Crippen molar-refractivity contribution in [2.45, 2.75) is 59.1 Å². The fraction of sp³-hybridized carbons (Fsp3) is 1.00. The molecule has 0 heterocycles. The van der Waals surface area contributed by atoms with Crippen molar-refractivity contribution in [1.82, 2.24) is 5.32 Å². The SMILES string of the molecule is CCCCOC1CC(NCC(C)CO)C1(C)C. The van der Waals surface area contributed by atoms with E-state index in [1.54, 1.807) is 0 Å². The van der Waals surface area contributed by atoms with Gasteiger partial charge in [-0.15, -0.1) is 0 Å². The molecule has 0 amide bonds. The molecule has 3 unspecified atom stereocenters. The maximum atomic E-state index is 9.00. The van der Waals surface area contributed by atoms with Crippen LogP contribution >= 0.6 is 0 Å². The van der Waals surface area contributed by atoms with Crippen molar-refractivity contribution in [3.63, 3.8) is 0 Å². The van der Waals surface area contributed by atoms with Gasteiger partial charge in [-0.3, -0.25) is 0 Å². The molecule has 1 saturated carbocycles. The molecule has 2 N–H and O–H groups in total. The average molecular weight is 243 g/mol. The molecular weight excluding hydrogens is 214 g/mol. The maximum absolute atomic E-state index is 9.00. The van der Waals surface area contributed by atoms with E-state index in [2.05, 4.69) is 33.0 Å². The van der Waals surface area contributed by atoms with E-state index >= 15 is 0 Å². The van der Waals surface area contributed by atoms with E-state index in [1.807, 2.05) is 0 Å². The van der Waals surface area contributed by atoms with Crippen molar-refractivity contribution in [3.05, 3.63) is 0 Å². The molecule has 0 saturated heterocycles. The summed E-state index contributed by atoms with van der Waals surface area (Å²) in [5.41, 5.74) is 0.225. The van der Waals surface area contributed by atoms with E-state index in [4.69, 9.17) is 9.84 Å². The molecule has 17 heavy (non-hydrogen) atoms. The fourth-order valence-electron chi connectivity index (χ4n) is 2.29. The molecular formula is C14H29NO2. The second-order valence-electron chi connectivity index (χ2n) is 6.02. The first kappa shape index (κ1) is 14.9. The van der Waals surface area contributed by atoms with Gasteiger partial charge in [0.05, 0.1) is 6.10 Å². The fourth-order valence-corrected chi connectivity index (χ4v) is 2.29. The number of aliphatic hydroxyl groups is 1. The predicted octanol–water partition coefficient (Wildman–Crippen LogP) is 2.19. The highest BCUT2D eigenvalue weighted by atomic mass is 16.5. The van der Waals surface area contributed by atoms with Crippen molar-refractivity contribution in [3.8, 4) is 0 Å². The van der Waals surface area contributed by atoms with Crippen LogP contribution in [-0.4, -0.2) is 37.0 Å². The lowest BCUT2D eigenvalue weighted by atomic mass is 9.64. The van der Waals surface area contributed by atoms with Crippen LogP contribution in [0.15, 0.2) is 0 Å². The third-order valence-corrected chi connectivity index (χ3v) is 4.02. The van der Waals surface area contributed by atoms with Gasteiger partial charge in [-0.1, -0.05) is 34.1 Å². The third-order valence-electron chi connectivity index (χ3n) is 4.02. The molecule has 0 spiro atoms. The van der Waals surface area contributed by atoms with Gasteiger partial charge in [0, 0.05) is 31.2 Å². The van der Waals surface area contributed by atoms with Crippen LogP contribution in [0.25, 0.3) is 0 Å². The lowest BCUT2D eigenvalue weighted by molar-refractivity contribution is -0.118. The summed E-state index contributed by atoms with van der Waals surface area (Å²) in [4.78, 5) is 0. The topological polar surface area (TPSA) is 41.5 Å². The Morgan fingerprint density at radius 2 is 2.18 bits per heavy atom. The van der Waals surface area contributed by atoms with Gasteiger partial charge in [0.25, 0.3) is 0 Å². The summed E-state index contributed by atoms with van der Waals surface area (Å²) in [6.45, 7) is 10.8. The van der Waals surface area contributed by atoms with E-state index in [9.17, 15) is 0 Å². The van der Waals surface area contributed by atoms with Crippen LogP contribution in [0.1, 0.15) is 47.0 Å². The minimum absolute atomic E-state index is 0.225. The van der Waals surface area contributed by atoms with E-state index in [0.29, 0.717) is 18.1 Å². The van der Waals surface area contributed by atoms with Crippen molar-refractivity contribution in [2.24, 2.45) is 11.3 Å². The third kappa shape index (κ3) is 3.94. The summed E-state index contributed by atoms with van der Waals surface area (Å²) in [5.74, 6) is 0.339. The Bertz CT molecular complexity index is 218. The molecule has 0 aromatic heterocycles. The molecule has 0 aromatic rings. The molecule has 1 aliphatic carbocycles. The summed E-state index contributed by atoms with van der Waals surface area (Å²) in [6, 6.07) is 0.531. The molecule has 0 radical (unpaired) electrons. The normalized spacial score (nSPS) is 28.8. The Morgan fingerprint density at radius 1 is 1.47 bits per heavy atom. The summed E-state index contributed by atoms with van der Waals surface area (Å²) in [5, 5.41) is 12.5. The number of hydrogen-bond donors (Lipinski definition) is 2. The van der Waals surface area contributed by atoms with Crippen molar-refractivity contribution in [2.75, 3.05) is 19.8 Å². The minimum atomic E-state index is 0.225. The van der Waals surface area contributed by atoms with Crippen molar-refractivity contribution in [1.29, 1.82) is 0 Å². The van der Waals surface area contributed by atoms with Gasteiger partial charge in [0.15, 0.2) is 0 Å². The Morgan fingerprint density at radius 3 is 2.71 bits per heavy atom. The Labute approximate surface area is 106 Å². The van der Waals surface area contributed by atoms with Crippen LogP contribution < -0.4 is 5.32 Å². The molecule has 102 valence electrons. The minimum Gasteiger partial charge on any atom is -0.396 e. The van der Waals surface area contributed by atoms with E-state index in [-0.39, 0.29) is 12.0 Å². The lowest BCUT2D eigenvalue weighted by Crippen LogP contribution is -2.61. The second kappa shape index (κ2) is 6.72. The first-order valence-corrected chi connectivity index (χ1v) is 6.98. The summed E-state index contributed by atoms with van der Waals surface area (Å²) >= 11 is 0. The lowest BCUT2D eigenvalue weighted by Gasteiger charge is -2.52. The van der Waals surface area contributed by atoms with Crippen molar-refractivity contribution < 1.29 is 9.84 Å². The molecule has 3 heteroatoms. The number of aliphatic hydroxyl groups excluding tert-OH is 1. The molecule has 3 nitrogen and oxygen atoms in total. The van der Waals surface area contributed by atoms with Gasteiger partial charge in [-0.25, -0.2) is 0 Å². The molecule has 1 rings (SSSR count). The van der Waals surface area contributed by atoms with E-state index in [1.165, 1.54) is 6.42 Å². The smallest absolute Gasteiger partial charge is 0.0655 e. The van der Waals surface area contributed by atoms with Crippen LogP contribution in [0.5, 0.6) is 0 Å². The number of unbranched alkanes of at least 4 members (excludes halogenated alkanes) is 1. The number of nitrogens with one attached hydrogen (secondary N) is 1. The van der Waals surface area contributed by atoms with Crippen LogP contribution in [0.2, 0.25) is 0 Å². The monoisotopic (exact) mass is 243 g/mol. The Kier molecular flexibility index (Phi) is 5.90. The number of ether oxygens (including phenoxy) is 1. The zero-order valence-corrected chi connectivity index (χ0v) is 11.8. The number of hydrogen-bond acceptors (Lipinski definition) is 3. The highest BCUT2D eigenvalue weighted by Gasteiger charge is 2.48. The molecule has 3 atom stereocenters. The first-order chi connectivity index (χ1) is 8.02. The van der Waals surface area contributed by atoms with Gasteiger partial charge >= 0.3 is 0 Å². The van der Waals surface area contributed by atoms with Crippen LogP contribution in [-0.2, 0) is 4.74 Å². The van der Waals surface area contributed by atoms with Gasteiger partial charge in [-0.05, 0) is 18.8 Å². The summed E-state index contributed by atoms with van der Waals surface area (Å²) in [7, 11) is 0. The van der Waals surface area contributed by atoms with Crippen LogP contribution in [0.4, 0.5) is 0 Å². The average Bonchev–Trinajstić information content (AvgIpc) is 2.31. The highest BCUT2D eigenvalue weighted by molar-refractivity contribution is 5.02. The van der Waals surface area contributed by atoms with Crippen molar-refractivity contribution >= 4 is 0 Å². The molecule has 0 aliphatic heterocycles. The van der Waals surface area contributed by atoms with E-state index < -0.39 is 0 Å².